The molecule has 1 rings (SSSR count). The standard InChI is InChI=1S/C36H61NO4/c1-5-6-7-8-9-10-11-12-13-14-15-16-17-18-22-25-33(38)32(24-21-19-20-23-30(2)3)36(40)37-29-31-26-27-34(39)35(28-31)41-4/h20,23,26-28,30,32,39H,5-19,21-22,24-25,29H2,1-4H3,(H,37,40)/b23-20-. The summed E-state index contributed by atoms with van der Waals surface area (Å²) in [5.74, 6) is 0.198. The van der Waals surface area contributed by atoms with Crippen LogP contribution in [-0.2, 0) is 16.1 Å². The number of rotatable bonds is 26. The maximum absolute atomic E-state index is 13.1. The molecule has 41 heavy (non-hydrogen) atoms. The van der Waals surface area contributed by atoms with Crippen molar-refractivity contribution in [2.75, 3.05) is 7.11 Å². The van der Waals surface area contributed by atoms with Crippen LogP contribution < -0.4 is 10.1 Å². The van der Waals surface area contributed by atoms with E-state index >= 15 is 0 Å². The first-order chi connectivity index (χ1) is 19.9. The van der Waals surface area contributed by atoms with Gasteiger partial charge in [-0.1, -0.05) is 129 Å². The Kier molecular flexibility index (Phi) is 21.8. The fourth-order valence-electron chi connectivity index (χ4n) is 5.24. The number of ketones is 1. The lowest BCUT2D eigenvalue weighted by molar-refractivity contribution is -0.134. The van der Waals surface area contributed by atoms with Gasteiger partial charge in [0, 0.05) is 13.0 Å². The third-order valence-corrected chi connectivity index (χ3v) is 7.83. The number of methoxy groups -OCH3 is 1. The molecule has 1 unspecified atom stereocenters. The number of ether oxygens (including phenoxy) is 1. The fourth-order valence-corrected chi connectivity index (χ4v) is 5.24. The minimum atomic E-state index is -0.604. The highest BCUT2D eigenvalue weighted by atomic mass is 16.5. The van der Waals surface area contributed by atoms with Gasteiger partial charge in [-0.3, -0.25) is 9.59 Å². The first-order valence-electron chi connectivity index (χ1n) is 16.7. The third-order valence-electron chi connectivity index (χ3n) is 7.83. The normalized spacial score (nSPS) is 12.2. The number of aromatic hydroxyl groups is 1. The van der Waals surface area contributed by atoms with Crippen LogP contribution in [0.2, 0.25) is 0 Å². The summed E-state index contributed by atoms with van der Waals surface area (Å²) in [4.78, 5) is 26.2. The quantitative estimate of drug-likeness (QED) is 0.0659. The van der Waals surface area contributed by atoms with E-state index in [9.17, 15) is 14.7 Å². The predicted molar refractivity (Wildman–Crippen MR) is 172 cm³/mol. The van der Waals surface area contributed by atoms with Gasteiger partial charge >= 0.3 is 0 Å². The number of nitrogens with one attached hydrogen (secondary N) is 1. The molecule has 1 aromatic carbocycles. The summed E-state index contributed by atoms with van der Waals surface area (Å²) in [6.07, 6.45) is 26.5. The molecule has 5 nitrogen and oxygen atoms in total. The summed E-state index contributed by atoms with van der Waals surface area (Å²) < 4.78 is 5.17. The Hall–Kier alpha value is -2.30. The number of phenolic OH excluding ortho intramolecular Hbond substituents is 1. The Morgan fingerprint density at radius 3 is 1.95 bits per heavy atom. The minimum Gasteiger partial charge on any atom is -0.504 e. The van der Waals surface area contributed by atoms with Crippen molar-refractivity contribution >= 4 is 11.7 Å². The number of phenols is 1. The molecule has 1 amide bonds. The fraction of sp³-hybridized carbons (Fsp3) is 0.722. The van der Waals surface area contributed by atoms with Crippen molar-refractivity contribution in [2.45, 2.75) is 149 Å². The molecule has 0 saturated heterocycles. The molecular weight excluding hydrogens is 510 g/mol. The molecule has 0 aliphatic heterocycles. The lowest BCUT2D eigenvalue weighted by atomic mass is 9.92. The van der Waals surface area contributed by atoms with Gasteiger partial charge in [-0.15, -0.1) is 0 Å². The van der Waals surface area contributed by atoms with Crippen LogP contribution in [-0.4, -0.2) is 23.9 Å². The van der Waals surface area contributed by atoms with Crippen LogP contribution in [0.5, 0.6) is 11.5 Å². The molecule has 2 N–H and O–H groups in total. The summed E-state index contributed by atoms with van der Waals surface area (Å²) in [6, 6.07) is 5.01. The number of carbonyl (C=O) groups excluding carboxylic acids is 2. The topological polar surface area (TPSA) is 75.6 Å². The van der Waals surface area contributed by atoms with Crippen LogP contribution in [0.3, 0.4) is 0 Å². The van der Waals surface area contributed by atoms with Crippen molar-refractivity contribution in [3.63, 3.8) is 0 Å². The molecule has 0 radical (unpaired) electrons. The summed E-state index contributed by atoms with van der Waals surface area (Å²) in [7, 11) is 1.50. The number of Topliss-reactive ketones (excluding diaryl/α,β-unsaturated/α-hetero) is 1. The molecule has 5 heteroatoms. The zero-order chi connectivity index (χ0) is 30.1. The number of amides is 1. The molecule has 0 aromatic heterocycles. The van der Waals surface area contributed by atoms with Gasteiger partial charge < -0.3 is 15.2 Å². The van der Waals surface area contributed by atoms with Gasteiger partial charge in [-0.05, 0) is 49.3 Å². The lowest BCUT2D eigenvalue weighted by Crippen LogP contribution is -2.35. The van der Waals surface area contributed by atoms with E-state index < -0.39 is 5.92 Å². The molecule has 0 heterocycles. The average Bonchev–Trinajstić information content (AvgIpc) is 2.96. The molecular formula is C36H61NO4. The van der Waals surface area contributed by atoms with Crippen molar-refractivity contribution in [1.82, 2.24) is 5.32 Å². The molecule has 0 saturated carbocycles. The minimum absolute atomic E-state index is 0.0633. The van der Waals surface area contributed by atoms with E-state index in [0.717, 1.165) is 31.2 Å². The maximum atomic E-state index is 13.1. The van der Waals surface area contributed by atoms with Crippen LogP contribution in [0.1, 0.15) is 148 Å². The summed E-state index contributed by atoms with van der Waals surface area (Å²) in [6.45, 7) is 6.86. The highest BCUT2D eigenvalue weighted by Gasteiger charge is 2.25. The second-order valence-corrected chi connectivity index (χ2v) is 12.0. The van der Waals surface area contributed by atoms with Crippen molar-refractivity contribution < 1.29 is 19.4 Å². The Morgan fingerprint density at radius 2 is 1.41 bits per heavy atom. The van der Waals surface area contributed by atoms with E-state index in [-0.39, 0.29) is 17.4 Å². The monoisotopic (exact) mass is 571 g/mol. The molecule has 0 aliphatic rings. The highest BCUT2D eigenvalue weighted by molar-refractivity contribution is 6.01. The van der Waals surface area contributed by atoms with E-state index in [4.69, 9.17) is 4.74 Å². The Morgan fingerprint density at radius 1 is 0.854 bits per heavy atom. The largest absolute Gasteiger partial charge is 0.504 e. The van der Waals surface area contributed by atoms with E-state index in [2.05, 4.69) is 38.2 Å². The van der Waals surface area contributed by atoms with Gasteiger partial charge in [-0.2, -0.15) is 0 Å². The first kappa shape index (κ1) is 36.7. The molecule has 1 atom stereocenters. The number of unbranched alkanes of at least 4 members (excludes halogenated alkanes) is 15. The van der Waals surface area contributed by atoms with E-state index in [1.165, 1.54) is 90.6 Å². The number of allylic oxidation sites excluding steroid dienone is 2. The van der Waals surface area contributed by atoms with Crippen molar-refractivity contribution in [1.29, 1.82) is 0 Å². The Balaban J connectivity index is 2.34. The molecule has 1 aromatic rings. The Labute approximate surface area is 251 Å². The molecule has 0 aliphatic carbocycles. The third kappa shape index (κ3) is 18.7. The van der Waals surface area contributed by atoms with Crippen LogP contribution in [0.25, 0.3) is 0 Å². The smallest absolute Gasteiger partial charge is 0.230 e. The summed E-state index contributed by atoms with van der Waals surface area (Å²) in [5.41, 5.74) is 0.821. The maximum Gasteiger partial charge on any atom is 0.230 e. The number of carbonyl (C=O) groups is 2. The zero-order valence-electron chi connectivity index (χ0n) is 26.9. The molecule has 234 valence electrons. The first-order valence-corrected chi connectivity index (χ1v) is 16.7. The van der Waals surface area contributed by atoms with Crippen LogP contribution in [0, 0.1) is 11.8 Å². The number of hydrogen-bond acceptors (Lipinski definition) is 4. The van der Waals surface area contributed by atoms with Gasteiger partial charge in [0.05, 0.1) is 13.0 Å². The summed E-state index contributed by atoms with van der Waals surface area (Å²) >= 11 is 0. The van der Waals surface area contributed by atoms with Crippen LogP contribution >= 0.6 is 0 Å². The van der Waals surface area contributed by atoms with Crippen LogP contribution in [0.15, 0.2) is 30.4 Å². The van der Waals surface area contributed by atoms with Gasteiger partial charge in [0.25, 0.3) is 0 Å². The van der Waals surface area contributed by atoms with E-state index in [0.29, 0.717) is 31.1 Å². The zero-order valence-corrected chi connectivity index (χ0v) is 26.9. The van der Waals surface area contributed by atoms with Gasteiger partial charge in [0.2, 0.25) is 5.91 Å². The second kappa shape index (κ2) is 24.3. The van der Waals surface area contributed by atoms with E-state index in [1.54, 1.807) is 18.2 Å². The van der Waals surface area contributed by atoms with Gasteiger partial charge in [0.15, 0.2) is 11.5 Å². The second-order valence-electron chi connectivity index (χ2n) is 12.0. The SMILES string of the molecule is CCCCCCCCCCCCCCCCCC(=O)C(CCC/C=C\C(C)C)C(=O)NCc1ccc(O)c(OC)c1. The molecule has 0 fully saturated rings. The number of benzene rings is 1. The van der Waals surface area contributed by atoms with Gasteiger partial charge in [0.1, 0.15) is 5.78 Å². The van der Waals surface area contributed by atoms with Crippen molar-refractivity contribution in [3.8, 4) is 11.5 Å². The molecule has 0 bridgehead atoms. The summed E-state index contributed by atoms with van der Waals surface area (Å²) in [5, 5.41) is 12.8. The predicted octanol–water partition coefficient (Wildman–Crippen LogP) is 9.85. The Bertz CT molecular complexity index is 848. The average molecular weight is 572 g/mol. The van der Waals surface area contributed by atoms with Crippen molar-refractivity contribution in [2.24, 2.45) is 11.8 Å². The highest BCUT2D eigenvalue weighted by Crippen LogP contribution is 2.26. The number of hydrogen-bond donors (Lipinski definition) is 2. The van der Waals surface area contributed by atoms with E-state index in [1.807, 2.05) is 0 Å². The van der Waals surface area contributed by atoms with Gasteiger partial charge in [-0.25, -0.2) is 0 Å². The van der Waals surface area contributed by atoms with Crippen molar-refractivity contribution in [3.05, 3.63) is 35.9 Å². The molecule has 0 spiro atoms. The van der Waals surface area contributed by atoms with Crippen LogP contribution in [0.4, 0.5) is 0 Å². The lowest BCUT2D eigenvalue weighted by Gasteiger charge is -2.16.